The molecule has 146 valence electrons. The molecule has 1 unspecified atom stereocenters. The van der Waals surface area contributed by atoms with Crippen molar-refractivity contribution in [3.63, 3.8) is 0 Å². The van der Waals surface area contributed by atoms with Crippen molar-refractivity contribution in [3.05, 3.63) is 30.6 Å². The standard InChI is InChI=1S/C17H22N4O4S2/c1-3-20(14-8-9-27(23,24)11-14)16(22)10-26-17-19-18-12-21(17)13-4-6-15(25-2)7-5-13/h4-7,12,14H,3,8-11H2,1-2H3. The number of thioether (sulfide) groups is 1. The Morgan fingerprint density at radius 2 is 2.11 bits per heavy atom. The van der Waals surface area contributed by atoms with Crippen LogP contribution in [0, 0.1) is 0 Å². The Bertz CT molecular complexity index is 896. The lowest BCUT2D eigenvalue weighted by Gasteiger charge is -2.26. The molecule has 1 aromatic heterocycles. The van der Waals surface area contributed by atoms with Gasteiger partial charge in [0.25, 0.3) is 0 Å². The van der Waals surface area contributed by atoms with Crippen molar-refractivity contribution in [2.75, 3.05) is 30.9 Å². The molecule has 1 aliphatic heterocycles. The SMILES string of the molecule is CCN(C(=O)CSc1nncn1-c1ccc(OC)cc1)C1CCS(=O)(=O)C1. The third-order valence-electron chi connectivity index (χ3n) is 4.50. The molecule has 10 heteroatoms. The number of hydrogen-bond donors (Lipinski definition) is 0. The zero-order chi connectivity index (χ0) is 19.4. The van der Waals surface area contributed by atoms with Crippen LogP contribution >= 0.6 is 11.8 Å². The van der Waals surface area contributed by atoms with E-state index < -0.39 is 9.84 Å². The van der Waals surface area contributed by atoms with E-state index in [1.165, 1.54) is 11.8 Å². The fraction of sp³-hybridized carbons (Fsp3) is 0.471. The number of ether oxygens (including phenoxy) is 1. The van der Waals surface area contributed by atoms with Crippen molar-refractivity contribution < 1.29 is 17.9 Å². The molecule has 2 heterocycles. The first-order valence-corrected chi connectivity index (χ1v) is 11.4. The van der Waals surface area contributed by atoms with Gasteiger partial charge in [-0.15, -0.1) is 10.2 Å². The average Bonchev–Trinajstić information content (AvgIpc) is 3.27. The number of sulfone groups is 1. The van der Waals surface area contributed by atoms with Gasteiger partial charge in [0.05, 0.1) is 24.4 Å². The summed E-state index contributed by atoms with van der Waals surface area (Å²) in [7, 11) is -1.42. The van der Waals surface area contributed by atoms with E-state index in [4.69, 9.17) is 4.74 Å². The molecule has 8 nitrogen and oxygen atoms in total. The summed E-state index contributed by atoms with van der Waals surface area (Å²) in [5, 5.41) is 8.63. The number of carbonyl (C=O) groups is 1. The smallest absolute Gasteiger partial charge is 0.233 e. The minimum atomic E-state index is -3.03. The Hall–Kier alpha value is -2.07. The van der Waals surface area contributed by atoms with Crippen LogP contribution in [0.5, 0.6) is 5.75 Å². The van der Waals surface area contributed by atoms with Crippen LogP contribution in [0.25, 0.3) is 5.69 Å². The van der Waals surface area contributed by atoms with Gasteiger partial charge in [-0.2, -0.15) is 0 Å². The Morgan fingerprint density at radius 1 is 1.37 bits per heavy atom. The first-order valence-electron chi connectivity index (χ1n) is 8.60. The topological polar surface area (TPSA) is 94.4 Å². The summed E-state index contributed by atoms with van der Waals surface area (Å²) in [5.74, 6) is 1.05. The molecule has 0 saturated carbocycles. The maximum absolute atomic E-state index is 12.6. The van der Waals surface area contributed by atoms with Crippen molar-refractivity contribution in [1.82, 2.24) is 19.7 Å². The van der Waals surface area contributed by atoms with Gasteiger partial charge in [-0.05, 0) is 37.6 Å². The average molecular weight is 411 g/mol. The maximum Gasteiger partial charge on any atom is 0.233 e. The number of methoxy groups -OCH3 is 1. The second-order valence-corrected chi connectivity index (χ2v) is 9.38. The quantitative estimate of drug-likeness (QED) is 0.637. The van der Waals surface area contributed by atoms with Crippen LogP contribution < -0.4 is 4.74 Å². The largest absolute Gasteiger partial charge is 0.497 e. The first-order chi connectivity index (χ1) is 12.9. The number of hydrogen-bond acceptors (Lipinski definition) is 7. The van der Waals surface area contributed by atoms with Crippen molar-refractivity contribution in [3.8, 4) is 11.4 Å². The Kier molecular flexibility index (Phi) is 6.05. The Labute approximate surface area is 162 Å². The summed E-state index contributed by atoms with van der Waals surface area (Å²) in [6.07, 6.45) is 2.10. The van der Waals surface area contributed by atoms with Gasteiger partial charge in [-0.1, -0.05) is 11.8 Å². The number of benzene rings is 1. The van der Waals surface area contributed by atoms with Gasteiger partial charge in [0.1, 0.15) is 12.1 Å². The lowest BCUT2D eigenvalue weighted by molar-refractivity contribution is -0.129. The normalized spacial score (nSPS) is 18.4. The molecule has 0 aliphatic carbocycles. The summed E-state index contributed by atoms with van der Waals surface area (Å²) in [6, 6.07) is 7.22. The molecule has 0 bridgehead atoms. The van der Waals surface area contributed by atoms with Gasteiger partial charge in [-0.25, -0.2) is 8.42 Å². The fourth-order valence-corrected chi connectivity index (χ4v) is 5.66. The molecule has 27 heavy (non-hydrogen) atoms. The van der Waals surface area contributed by atoms with E-state index in [0.29, 0.717) is 18.1 Å². The van der Waals surface area contributed by atoms with Gasteiger partial charge < -0.3 is 9.64 Å². The molecular weight excluding hydrogens is 388 g/mol. The summed E-state index contributed by atoms with van der Waals surface area (Å²) in [5.41, 5.74) is 0.866. The molecule has 1 aromatic carbocycles. The van der Waals surface area contributed by atoms with Crippen LogP contribution in [0.1, 0.15) is 13.3 Å². The van der Waals surface area contributed by atoms with Crippen molar-refractivity contribution in [1.29, 1.82) is 0 Å². The van der Waals surface area contributed by atoms with E-state index in [2.05, 4.69) is 10.2 Å². The molecule has 0 radical (unpaired) electrons. The number of carbonyl (C=O) groups excluding carboxylic acids is 1. The van der Waals surface area contributed by atoms with Crippen LogP contribution in [0.3, 0.4) is 0 Å². The number of rotatable bonds is 7. The molecule has 1 fully saturated rings. The predicted octanol–water partition coefficient (Wildman–Crippen LogP) is 1.40. The van der Waals surface area contributed by atoms with Gasteiger partial charge >= 0.3 is 0 Å². The van der Waals surface area contributed by atoms with Crippen LogP contribution in [0.2, 0.25) is 0 Å². The first kappa shape index (κ1) is 19.7. The number of aromatic nitrogens is 3. The fourth-order valence-electron chi connectivity index (χ4n) is 3.11. The Balaban J connectivity index is 1.66. The highest BCUT2D eigenvalue weighted by Crippen LogP contribution is 2.23. The molecule has 1 saturated heterocycles. The van der Waals surface area contributed by atoms with Crippen molar-refractivity contribution in [2.45, 2.75) is 24.5 Å². The van der Waals surface area contributed by atoms with E-state index in [0.717, 1.165) is 11.4 Å². The lowest BCUT2D eigenvalue weighted by Crippen LogP contribution is -2.42. The molecular formula is C17H22N4O4S2. The van der Waals surface area contributed by atoms with Gasteiger partial charge in [0, 0.05) is 18.3 Å². The van der Waals surface area contributed by atoms with E-state index >= 15 is 0 Å². The van der Waals surface area contributed by atoms with Crippen LogP contribution in [0.15, 0.2) is 35.7 Å². The summed E-state index contributed by atoms with van der Waals surface area (Å²) >= 11 is 1.29. The van der Waals surface area contributed by atoms with Crippen LogP contribution in [0.4, 0.5) is 0 Å². The van der Waals surface area contributed by atoms with Crippen molar-refractivity contribution in [2.24, 2.45) is 0 Å². The van der Waals surface area contributed by atoms with Crippen LogP contribution in [-0.4, -0.2) is 70.9 Å². The van der Waals surface area contributed by atoms with E-state index in [1.807, 2.05) is 31.2 Å². The molecule has 0 spiro atoms. The molecule has 2 aromatic rings. The third-order valence-corrected chi connectivity index (χ3v) is 7.18. The highest BCUT2D eigenvalue weighted by molar-refractivity contribution is 7.99. The van der Waals surface area contributed by atoms with E-state index in [-0.39, 0.29) is 29.2 Å². The maximum atomic E-state index is 12.6. The molecule has 1 amide bonds. The summed E-state index contributed by atoms with van der Waals surface area (Å²) in [4.78, 5) is 14.3. The predicted molar refractivity (Wildman–Crippen MR) is 103 cm³/mol. The minimum absolute atomic E-state index is 0.0548. The zero-order valence-electron chi connectivity index (χ0n) is 15.2. The zero-order valence-corrected chi connectivity index (χ0v) is 16.9. The van der Waals surface area contributed by atoms with E-state index in [9.17, 15) is 13.2 Å². The third kappa shape index (κ3) is 4.62. The second-order valence-electron chi connectivity index (χ2n) is 6.21. The van der Waals surface area contributed by atoms with E-state index in [1.54, 1.807) is 22.9 Å². The Morgan fingerprint density at radius 3 is 2.70 bits per heavy atom. The van der Waals surface area contributed by atoms with Crippen LogP contribution in [-0.2, 0) is 14.6 Å². The summed E-state index contributed by atoms with van der Waals surface area (Å²) in [6.45, 7) is 2.36. The molecule has 3 rings (SSSR count). The molecule has 1 atom stereocenters. The number of nitrogens with zero attached hydrogens (tertiary/aromatic N) is 4. The number of amides is 1. The lowest BCUT2D eigenvalue weighted by atomic mass is 10.2. The molecule has 0 N–H and O–H groups in total. The highest BCUT2D eigenvalue weighted by Gasteiger charge is 2.33. The van der Waals surface area contributed by atoms with Gasteiger partial charge in [-0.3, -0.25) is 9.36 Å². The second kappa shape index (κ2) is 8.30. The monoisotopic (exact) mass is 410 g/mol. The van der Waals surface area contributed by atoms with Gasteiger partial charge in [0.15, 0.2) is 15.0 Å². The minimum Gasteiger partial charge on any atom is -0.497 e. The van der Waals surface area contributed by atoms with Crippen molar-refractivity contribution >= 4 is 27.5 Å². The van der Waals surface area contributed by atoms with Gasteiger partial charge in [0.2, 0.25) is 5.91 Å². The summed E-state index contributed by atoms with van der Waals surface area (Å²) < 4.78 is 30.4. The highest BCUT2D eigenvalue weighted by atomic mass is 32.2. The molecule has 1 aliphatic rings.